The van der Waals surface area contributed by atoms with Crippen molar-refractivity contribution in [2.45, 2.75) is 58.3 Å². The second-order valence-corrected chi connectivity index (χ2v) is 8.86. The maximum atomic E-state index is 12.8. The molecular weight excluding hydrogens is 548 g/mol. The number of carbonyl (C=O) groups is 6. The number of carbonyl (C=O) groups excluding carboxylic acids is 6. The summed E-state index contributed by atoms with van der Waals surface area (Å²) in [6.07, 6.45) is -7.22. The molecule has 1 aliphatic rings. The molecule has 3 rings (SSSR count). The molecule has 1 aliphatic heterocycles. The van der Waals surface area contributed by atoms with Crippen molar-refractivity contribution >= 4 is 46.7 Å². The second kappa shape index (κ2) is 13.5. The SMILES string of the molecule is CC(=O)OC[C@H]1O[C@@H](NC(=O)CNC(=O)c2cc3ccccc3oc2=O)[C@H](OC(C)=O)[C@@H](OC(C)=O)[C@@H]1OC(C)=O. The topological polar surface area (TPSA) is 203 Å². The minimum Gasteiger partial charge on any atom is -0.463 e. The molecule has 5 atom stereocenters. The van der Waals surface area contributed by atoms with Crippen molar-refractivity contribution in [1.29, 1.82) is 0 Å². The summed E-state index contributed by atoms with van der Waals surface area (Å²) in [5, 5.41) is 5.16. The molecule has 1 saturated heterocycles. The van der Waals surface area contributed by atoms with Gasteiger partial charge in [0.05, 0.1) is 6.54 Å². The quantitative estimate of drug-likeness (QED) is 0.224. The molecule has 15 nitrogen and oxygen atoms in total. The molecule has 0 radical (unpaired) electrons. The zero-order valence-electron chi connectivity index (χ0n) is 22.5. The number of ether oxygens (including phenoxy) is 5. The van der Waals surface area contributed by atoms with Crippen LogP contribution in [0.2, 0.25) is 0 Å². The van der Waals surface area contributed by atoms with Gasteiger partial charge in [0.15, 0.2) is 24.5 Å². The van der Waals surface area contributed by atoms with Crippen LogP contribution in [0.4, 0.5) is 0 Å². The van der Waals surface area contributed by atoms with Gasteiger partial charge in [0.2, 0.25) is 5.91 Å². The summed E-state index contributed by atoms with van der Waals surface area (Å²) in [5.41, 5.74) is -0.986. The standard InChI is InChI=1S/C26H28N2O13/c1-12(29)36-11-19-21(37-13(2)30)22(38-14(3)31)23(39-15(4)32)25(40-19)28-20(33)10-27-24(34)17-9-16-7-5-6-8-18(16)41-26(17)35/h5-9,19,21-23,25H,10-11H2,1-4H3,(H,27,34)(H,28,33)/t19-,21-,22+,23-,25-/m1/s1. The lowest BCUT2D eigenvalue weighted by Crippen LogP contribution is -2.66. The van der Waals surface area contributed by atoms with Gasteiger partial charge >= 0.3 is 29.5 Å². The van der Waals surface area contributed by atoms with Gasteiger partial charge in [-0.1, -0.05) is 18.2 Å². The van der Waals surface area contributed by atoms with Crippen molar-refractivity contribution in [1.82, 2.24) is 10.6 Å². The first-order valence-corrected chi connectivity index (χ1v) is 12.3. The maximum Gasteiger partial charge on any atom is 0.349 e. The van der Waals surface area contributed by atoms with Gasteiger partial charge in [0, 0.05) is 33.1 Å². The van der Waals surface area contributed by atoms with Crippen molar-refractivity contribution in [3.05, 3.63) is 46.3 Å². The van der Waals surface area contributed by atoms with Crippen LogP contribution in [0.15, 0.2) is 39.5 Å². The predicted octanol–water partition coefficient (Wildman–Crippen LogP) is -0.278. The van der Waals surface area contributed by atoms with Crippen LogP contribution in [0.1, 0.15) is 38.1 Å². The molecule has 1 aromatic heterocycles. The smallest absolute Gasteiger partial charge is 0.349 e. The third-order valence-electron chi connectivity index (χ3n) is 5.59. The molecule has 0 bridgehead atoms. The highest BCUT2D eigenvalue weighted by Gasteiger charge is 2.52. The lowest BCUT2D eigenvalue weighted by Gasteiger charge is -2.44. The van der Waals surface area contributed by atoms with Crippen LogP contribution in [-0.2, 0) is 47.7 Å². The minimum absolute atomic E-state index is 0.274. The molecule has 2 aromatic rings. The Bertz CT molecular complexity index is 1400. The number of fused-ring (bicyclic) bond motifs is 1. The molecule has 1 aromatic carbocycles. The van der Waals surface area contributed by atoms with Gasteiger partial charge in [-0.3, -0.25) is 28.8 Å². The van der Waals surface area contributed by atoms with E-state index in [2.05, 4.69) is 10.6 Å². The Morgan fingerprint density at radius 1 is 0.829 bits per heavy atom. The Balaban J connectivity index is 1.81. The Morgan fingerprint density at radius 2 is 1.44 bits per heavy atom. The molecule has 1 fully saturated rings. The van der Waals surface area contributed by atoms with Crippen molar-refractivity contribution in [2.75, 3.05) is 13.2 Å². The second-order valence-electron chi connectivity index (χ2n) is 8.86. The molecule has 0 spiro atoms. The van der Waals surface area contributed by atoms with E-state index >= 15 is 0 Å². The van der Waals surface area contributed by atoms with Gasteiger partial charge in [-0.25, -0.2) is 4.79 Å². The molecule has 0 unspecified atom stereocenters. The van der Waals surface area contributed by atoms with Crippen molar-refractivity contribution in [3.63, 3.8) is 0 Å². The molecule has 0 aliphatic carbocycles. The number of hydrogen-bond acceptors (Lipinski definition) is 13. The van der Waals surface area contributed by atoms with Crippen LogP contribution in [0, 0.1) is 0 Å². The molecular formula is C26H28N2O13. The first-order chi connectivity index (χ1) is 19.3. The monoisotopic (exact) mass is 576 g/mol. The first-order valence-electron chi connectivity index (χ1n) is 12.3. The third kappa shape index (κ3) is 8.35. The molecule has 220 valence electrons. The number of nitrogens with one attached hydrogen (secondary N) is 2. The summed E-state index contributed by atoms with van der Waals surface area (Å²) in [6, 6.07) is 7.84. The Hall–Kier alpha value is -4.79. The van der Waals surface area contributed by atoms with E-state index in [1.807, 2.05) is 0 Å². The average Bonchev–Trinajstić information content (AvgIpc) is 2.88. The molecule has 41 heavy (non-hydrogen) atoms. The van der Waals surface area contributed by atoms with Crippen molar-refractivity contribution < 1.29 is 56.9 Å². The molecule has 2 heterocycles. The van der Waals surface area contributed by atoms with Crippen molar-refractivity contribution in [2.24, 2.45) is 0 Å². The van der Waals surface area contributed by atoms with Crippen LogP contribution in [-0.4, -0.2) is 79.5 Å². The third-order valence-corrected chi connectivity index (χ3v) is 5.59. The van der Waals surface area contributed by atoms with Crippen LogP contribution in [0.25, 0.3) is 11.0 Å². The molecule has 2 N–H and O–H groups in total. The van der Waals surface area contributed by atoms with Gasteiger partial charge in [-0.05, 0) is 12.1 Å². The van der Waals surface area contributed by atoms with E-state index < -0.39 is 85.1 Å². The maximum absolute atomic E-state index is 12.8. The Labute approximate surface area is 232 Å². The molecule has 0 saturated carbocycles. The Morgan fingerprint density at radius 3 is 2.07 bits per heavy atom. The highest BCUT2D eigenvalue weighted by Crippen LogP contribution is 2.28. The molecule has 2 amide bonds. The summed E-state index contributed by atoms with van der Waals surface area (Å²) in [7, 11) is 0. The predicted molar refractivity (Wildman–Crippen MR) is 135 cm³/mol. The summed E-state index contributed by atoms with van der Waals surface area (Å²) < 4.78 is 31.7. The number of amides is 2. The summed E-state index contributed by atoms with van der Waals surface area (Å²) in [6.45, 7) is 3.13. The van der Waals surface area contributed by atoms with Gasteiger partial charge < -0.3 is 38.7 Å². The van der Waals surface area contributed by atoms with E-state index in [1.54, 1.807) is 24.3 Å². The zero-order valence-corrected chi connectivity index (χ0v) is 22.5. The summed E-state index contributed by atoms with van der Waals surface area (Å²) >= 11 is 0. The average molecular weight is 577 g/mol. The van der Waals surface area contributed by atoms with Gasteiger partial charge in [0.1, 0.15) is 23.9 Å². The lowest BCUT2D eigenvalue weighted by molar-refractivity contribution is -0.256. The summed E-state index contributed by atoms with van der Waals surface area (Å²) in [4.78, 5) is 84.7. The Kier molecular flexibility index (Phi) is 10.1. The fraction of sp³-hybridized carbons (Fsp3) is 0.423. The van der Waals surface area contributed by atoms with E-state index in [4.69, 9.17) is 28.1 Å². The van der Waals surface area contributed by atoms with E-state index in [-0.39, 0.29) is 11.1 Å². The van der Waals surface area contributed by atoms with Crippen LogP contribution in [0.5, 0.6) is 0 Å². The number of para-hydroxylation sites is 1. The van der Waals surface area contributed by atoms with E-state index in [0.29, 0.717) is 5.39 Å². The van der Waals surface area contributed by atoms with Crippen LogP contribution in [0.3, 0.4) is 0 Å². The van der Waals surface area contributed by atoms with E-state index in [1.165, 1.54) is 6.07 Å². The van der Waals surface area contributed by atoms with Gasteiger partial charge in [-0.2, -0.15) is 0 Å². The fourth-order valence-electron chi connectivity index (χ4n) is 4.03. The molecule has 15 heteroatoms. The van der Waals surface area contributed by atoms with Crippen LogP contribution < -0.4 is 16.3 Å². The fourth-order valence-corrected chi connectivity index (χ4v) is 4.03. The highest BCUT2D eigenvalue weighted by atomic mass is 16.7. The lowest BCUT2D eigenvalue weighted by atomic mass is 9.97. The normalized spacial score (nSPS) is 21.7. The van der Waals surface area contributed by atoms with Crippen LogP contribution >= 0.6 is 0 Å². The van der Waals surface area contributed by atoms with Crippen molar-refractivity contribution in [3.8, 4) is 0 Å². The number of rotatable bonds is 9. The number of benzene rings is 1. The van der Waals surface area contributed by atoms with Gasteiger partial charge in [0.25, 0.3) is 5.91 Å². The first kappa shape index (κ1) is 30.7. The number of hydrogen-bond donors (Lipinski definition) is 2. The van der Waals surface area contributed by atoms with E-state index in [9.17, 15) is 33.6 Å². The largest absolute Gasteiger partial charge is 0.463 e. The summed E-state index contributed by atoms with van der Waals surface area (Å²) in [5.74, 6) is -4.99. The van der Waals surface area contributed by atoms with E-state index in [0.717, 1.165) is 27.7 Å². The number of esters is 4. The van der Waals surface area contributed by atoms with Gasteiger partial charge in [-0.15, -0.1) is 0 Å². The highest BCUT2D eigenvalue weighted by molar-refractivity contribution is 5.98. The minimum atomic E-state index is -1.53. The zero-order chi connectivity index (χ0) is 30.3.